The second-order valence-electron chi connectivity index (χ2n) is 9.79. The van der Waals surface area contributed by atoms with Crippen LogP contribution in [-0.4, -0.2) is 9.55 Å². The molecular formula is C24H32N2. The van der Waals surface area contributed by atoms with Crippen LogP contribution in [0.3, 0.4) is 0 Å². The highest BCUT2D eigenvalue weighted by Gasteiger charge is 2.30. The summed E-state index contributed by atoms with van der Waals surface area (Å²) in [5, 5.41) is 0. The Kier molecular flexibility index (Phi) is 4.96. The lowest BCUT2D eigenvalue weighted by molar-refractivity contribution is 0.229. The Morgan fingerprint density at radius 3 is 2.15 bits per heavy atom. The van der Waals surface area contributed by atoms with Crippen LogP contribution in [0, 0.1) is 10.8 Å². The van der Waals surface area contributed by atoms with Crippen molar-refractivity contribution in [3.63, 3.8) is 0 Å². The zero-order valence-corrected chi connectivity index (χ0v) is 17.1. The fraction of sp³-hybridized carbons (Fsp3) is 0.458. The topological polar surface area (TPSA) is 17.8 Å². The summed E-state index contributed by atoms with van der Waals surface area (Å²) in [6.45, 7) is 14.9. The molecule has 0 radical (unpaired) electrons. The molecule has 2 aromatic carbocycles. The maximum absolute atomic E-state index is 4.50. The van der Waals surface area contributed by atoms with Crippen molar-refractivity contribution in [3.05, 3.63) is 66.0 Å². The molecule has 0 N–H and O–H groups in total. The van der Waals surface area contributed by atoms with Crippen molar-refractivity contribution in [2.45, 2.75) is 60.4 Å². The number of imidazole rings is 1. The quantitative estimate of drug-likeness (QED) is 0.516. The molecular weight excluding hydrogens is 316 g/mol. The van der Waals surface area contributed by atoms with Gasteiger partial charge >= 0.3 is 0 Å². The molecule has 3 rings (SSSR count). The summed E-state index contributed by atoms with van der Waals surface area (Å²) in [5.74, 6) is 0.561. The molecule has 0 spiro atoms. The smallest absolute Gasteiger partial charge is 0.0961 e. The van der Waals surface area contributed by atoms with E-state index in [2.05, 4.69) is 93.6 Å². The van der Waals surface area contributed by atoms with Gasteiger partial charge in [0, 0.05) is 6.54 Å². The lowest BCUT2D eigenvalue weighted by atomic mass is 9.69. The molecule has 0 aliphatic heterocycles. The Hall–Kier alpha value is -2.09. The minimum atomic E-state index is 0.259. The van der Waals surface area contributed by atoms with Crippen molar-refractivity contribution in [2.75, 3.05) is 0 Å². The number of nitrogens with zero attached hydrogens (tertiary/aromatic N) is 2. The minimum absolute atomic E-state index is 0.259. The lowest BCUT2D eigenvalue weighted by Crippen LogP contribution is -2.23. The number of hydrogen-bond acceptors (Lipinski definition) is 1. The van der Waals surface area contributed by atoms with Gasteiger partial charge in [-0.3, -0.25) is 0 Å². The molecule has 1 aromatic heterocycles. The van der Waals surface area contributed by atoms with E-state index in [1.165, 1.54) is 23.1 Å². The molecule has 0 aliphatic carbocycles. The van der Waals surface area contributed by atoms with Gasteiger partial charge in [-0.2, -0.15) is 0 Å². The molecule has 0 amide bonds. The van der Waals surface area contributed by atoms with Crippen molar-refractivity contribution in [1.82, 2.24) is 9.55 Å². The lowest BCUT2D eigenvalue weighted by Gasteiger charge is -2.36. The van der Waals surface area contributed by atoms with Gasteiger partial charge < -0.3 is 4.57 Å². The van der Waals surface area contributed by atoms with Crippen LogP contribution in [-0.2, 0) is 6.54 Å². The van der Waals surface area contributed by atoms with Gasteiger partial charge in [-0.05, 0) is 46.4 Å². The minimum Gasteiger partial charge on any atom is -0.326 e. The Labute approximate surface area is 158 Å². The average Bonchev–Trinajstić information content (AvgIpc) is 2.95. The van der Waals surface area contributed by atoms with E-state index >= 15 is 0 Å². The van der Waals surface area contributed by atoms with Gasteiger partial charge in [0.1, 0.15) is 0 Å². The standard InChI is InChI=1S/C24H32N2/c1-23(2,3)15-20(24(4,5)6)19-13-11-18(12-14-19)16-26-17-25-21-9-7-8-10-22(21)26/h7-14,17,20H,15-16H2,1-6H3. The van der Waals surface area contributed by atoms with Crippen LogP contribution in [0.5, 0.6) is 0 Å². The van der Waals surface area contributed by atoms with Gasteiger partial charge in [-0.1, -0.05) is 77.9 Å². The van der Waals surface area contributed by atoms with E-state index in [0.717, 1.165) is 12.1 Å². The molecule has 1 unspecified atom stereocenters. The maximum Gasteiger partial charge on any atom is 0.0961 e. The number of hydrogen-bond donors (Lipinski definition) is 0. The van der Waals surface area contributed by atoms with Gasteiger partial charge in [0.15, 0.2) is 0 Å². The van der Waals surface area contributed by atoms with Crippen molar-refractivity contribution < 1.29 is 0 Å². The summed E-state index contributed by atoms with van der Waals surface area (Å²) in [7, 11) is 0. The van der Waals surface area contributed by atoms with E-state index in [1.54, 1.807) is 0 Å². The normalized spacial score (nSPS) is 13.9. The van der Waals surface area contributed by atoms with E-state index in [9.17, 15) is 0 Å². The highest BCUT2D eigenvalue weighted by atomic mass is 15.0. The number of aromatic nitrogens is 2. The summed E-state index contributed by atoms with van der Waals surface area (Å²) >= 11 is 0. The van der Waals surface area contributed by atoms with Crippen molar-refractivity contribution in [3.8, 4) is 0 Å². The van der Waals surface area contributed by atoms with Crippen molar-refractivity contribution >= 4 is 11.0 Å². The zero-order chi connectivity index (χ0) is 18.9. The Morgan fingerprint density at radius 2 is 1.54 bits per heavy atom. The Bertz CT molecular complexity index is 858. The Balaban J connectivity index is 1.83. The molecule has 0 aliphatic rings. The van der Waals surface area contributed by atoms with Crippen LogP contribution in [0.15, 0.2) is 54.9 Å². The van der Waals surface area contributed by atoms with Gasteiger partial charge in [0.05, 0.1) is 17.4 Å². The summed E-state index contributed by atoms with van der Waals surface area (Å²) < 4.78 is 2.22. The molecule has 26 heavy (non-hydrogen) atoms. The first-order valence-corrected chi connectivity index (χ1v) is 9.62. The third-order valence-corrected chi connectivity index (χ3v) is 5.12. The van der Waals surface area contributed by atoms with Crippen LogP contribution < -0.4 is 0 Å². The van der Waals surface area contributed by atoms with Crippen molar-refractivity contribution in [2.24, 2.45) is 10.8 Å². The van der Waals surface area contributed by atoms with Crippen LogP contribution in [0.4, 0.5) is 0 Å². The summed E-state index contributed by atoms with van der Waals surface area (Å²) in [6.07, 6.45) is 3.14. The van der Waals surface area contributed by atoms with Gasteiger partial charge in [-0.15, -0.1) is 0 Å². The highest BCUT2D eigenvalue weighted by molar-refractivity contribution is 5.75. The molecule has 1 heterocycles. The van der Waals surface area contributed by atoms with Gasteiger partial charge in [0.25, 0.3) is 0 Å². The largest absolute Gasteiger partial charge is 0.326 e. The van der Waals surface area contributed by atoms with E-state index in [1.807, 2.05) is 12.4 Å². The molecule has 138 valence electrons. The second kappa shape index (κ2) is 6.90. The van der Waals surface area contributed by atoms with Crippen LogP contribution in [0.2, 0.25) is 0 Å². The number of fused-ring (bicyclic) bond motifs is 1. The number of rotatable bonds is 4. The molecule has 0 saturated carbocycles. The third-order valence-electron chi connectivity index (χ3n) is 5.12. The second-order valence-corrected chi connectivity index (χ2v) is 9.79. The summed E-state index contributed by atoms with van der Waals surface area (Å²) in [6, 6.07) is 17.5. The van der Waals surface area contributed by atoms with Crippen molar-refractivity contribution in [1.29, 1.82) is 0 Å². The maximum atomic E-state index is 4.50. The summed E-state index contributed by atoms with van der Waals surface area (Å²) in [4.78, 5) is 4.50. The SMILES string of the molecule is CC(C)(C)CC(c1ccc(Cn2cnc3ccccc32)cc1)C(C)(C)C. The predicted octanol–water partition coefficient (Wildman–Crippen LogP) is 6.65. The average molecular weight is 349 g/mol. The Morgan fingerprint density at radius 1 is 0.885 bits per heavy atom. The molecule has 2 heteroatoms. The summed E-state index contributed by atoms with van der Waals surface area (Å²) in [5.41, 5.74) is 5.60. The molecule has 0 bridgehead atoms. The predicted molar refractivity (Wildman–Crippen MR) is 112 cm³/mol. The molecule has 3 aromatic rings. The van der Waals surface area contributed by atoms with Gasteiger partial charge in [0.2, 0.25) is 0 Å². The first kappa shape index (κ1) is 18.7. The van der Waals surface area contributed by atoms with Crippen LogP contribution in [0.1, 0.15) is 65.0 Å². The first-order valence-electron chi connectivity index (χ1n) is 9.62. The highest BCUT2D eigenvalue weighted by Crippen LogP contribution is 2.43. The van der Waals surface area contributed by atoms with Crippen LogP contribution >= 0.6 is 0 Å². The number of benzene rings is 2. The monoisotopic (exact) mass is 348 g/mol. The van der Waals surface area contributed by atoms with E-state index in [-0.39, 0.29) is 5.41 Å². The zero-order valence-electron chi connectivity index (χ0n) is 17.1. The molecule has 0 fully saturated rings. The fourth-order valence-corrected chi connectivity index (χ4v) is 3.72. The number of para-hydroxylation sites is 2. The molecule has 1 atom stereocenters. The third kappa shape index (κ3) is 4.35. The van der Waals surface area contributed by atoms with E-state index < -0.39 is 0 Å². The van der Waals surface area contributed by atoms with Gasteiger partial charge in [-0.25, -0.2) is 4.98 Å². The van der Waals surface area contributed by atoms with Crippen LogP contribution in [0.25, 0.3) is 11.0 Å². The van der Waals surface area contributed by atoms with E-state index in [0.29, 0.717) is 11.3 Å². The first-order chi connectivity index (χ1) is 12.1. The van der Waals surface area contributed by atoms with E-state index in [4.69, 9.17) is 0 Å². The fourth-order valence-electron chi connectivity index (χ4n) is 3.72. The molecule has 0 saturated heterocycles. The molecule has 2 nitrogen and oxygen atoms in total.